The lowest BCUT2D eigenvalue weighted by Gasteiger charge is -2.30. The van der Waals surface area contributed by atoms with Crippen molar-refractivity contribution in [2.24, 2.45) is 0 Å². The molecule has 3 N–H and O–H groups in total. The summed E-state index contributed by atoms with van der Waals surface area (Å²) >= 11 is 5.69. The van der Waals surface area contributed by atoms with Gasteiger partial charge < -0.3 is 15.5 Å². The minimum absolute atomic E-state index is 0.0553. The Hall–Kier alpha value is -2.58. The van der Waals surface area contributed by atoms with E-state index in [4.69, 9.17) is 11.6 Å². The van der Waals surface area contributed by atoms with Gasteiger partial charge in [-0.3, -0.25) is 9.59 Å². The number of carbonyl (C=O) groups is 2. The highest BCUT2D eigenvalue weighted by Crippen LogP contribution is 2.36. The predicted octanol–water partition coefficient (Wildman–Crippen LogP) is 2.05. The van der Waals surface area contributed by atoms with Crippen LogP contribution in [0, 0.1) is 0 Å². The Labute approximate surface area is 164 Å². The topological polar surface area (TPSA) is 62.6 Å². The molecule has 1 fully saturated rings. The molecule has 9 heteroatoms. The zero-order valence-electron chi connectivity index (χ0n) is 14.6. The average molecular weight is 413 g/mol. The number of rotatable bonds is 4. The number of piperazine rings is 1. The van der Waals surface area contributed by atoms with E-state index in [2.05, 4.69) is 10.6 Å². The third-order valence-corrected chi connectivity index (χ3v) is 4.74. The van der Waals surface area contributed by atoms with E-state index in [-0.39, 0.29) is 23.2 Å². The number of benzene rings is 2. The molecule has 2 amide bonds. The molecular weight excluding hydrogens is 395 g/mol. The molecule has 0 aromatic heterocycles. The molecule has 0 radical (unpaired) electrons. The van der Waals surface area contributed by atoms with E-state index in [0.29, 0.717) is 23.6 Å². The van der Waals surface area contributed by atoms with Crippen LogP contribution >= 0.6 is 11.6 Å². The molecular formula is C19H18ClF3N3O2+. The van der Waals surface area contributed by atoms with Crippen LogP contribution in [-0.4, -0.2) is 31.4 Å². The van der Waals surface area contributed by atoms with E-state index in [1.54, 1.807) is 30.3 Å². The van der Waals surface area contributed by atoms with Crippen molar-refractivity contribution in [1.29, 1.82) is 0 Å². The maximum atomic E-state index is 13.3. The summed E-state index contributed by atoms with van der Waals surface area (Å²) in [6.07, 6.45) is -4.67. The first-order chi connectivity index (χ1) is 13.3. The quantitative estimate of drug-likeness (QED) is 0.720. The number of amides is 2. The van der Waals surface area contributed by atoms with Gasteiger partial charge in [-0.05, 0) is 18.2 Å². The Morgan fingerprint density at radius 3 is 2.54 bits per heavy atom. The van der Waals surface area contributed by atoms with Crippen LogP contribution in [-0.2, 0) is 15.8 Å². The van der Waals surface area contributed by atoms with Crippen molar-refractivity contribution >= 4 is 29.1 Å². The summed E-state index contributed by atoms with van der Waals surface area (Å²) in [6.45, 7) is 0.921. The molecule has 1 aliphatic rings. The summed E-state index contributed by atoms with van der Waals surface area (Å²) in [5.74, 6) is -0.832. The first-order valence-corrected chi connectivity index (χ1v) is 8.97. The second kappa shape index (κ2) is 8.20. The zero-order chi connectivity index (χ0) is 20.3. The molecule has 2 aromatic carbocycles. The van der Waals surface area contributed by atoms with Gasteiger partial charge in [0.05, 0.1) is 24.3 Å². The third kappa shape index (κ3) is 4.63. The van der Waals surface area contributed by atoms with Crippen LogP contribution in [0.15, 0.2) is 48.5 Å². The van der Waals surface area contributed by atoms with Crippen molar-refractivity contribution in [3.63, 3.8) is 0 Å². The molecule has 0 spiro atoms. The van der Waals surface area contributed by atoms with Crippen LogP contribution in [0.25, 0.3) is 0 Å². The van der Waals surface area contributed by atoms with Crippen molar-refractivity contribution in [3.05, 3.63) is 64.7 Å². The van der Waals surface area contributed by atoms with E-state index in [0.717, 1.165) is 12.1 Å². The summed E-state index contributed by atoms with van der Waals surface area (Å²) in [6, 6.07) is 11.0. The Bertz CT molecular complexity index is 874. The van der Waals surface area contributed by atoms with Gasteiger partial charge in [0, 0.05) is 10.6 Å². The van der Waals surface area contributed by atoms with E-state index in [9.17, 15) is 22.8 Å². The lowest BCUT2D eigenvalue weighted by molar-refractivity contribution is -0.915. The number of anilines is 1. The van der Waals surface area contributed by atoms with Crippen molar-refractivity contribution < 1.29 is 27.7 Å². The summed E-state index contributed by atoms with van der Waals surface area (Å²) in [5, 5.41) is 4.99. The van der Waals surface area contributed by atoms with Crippen LogP contribution < -0.4 is 15.5 Å². The number of carbonyl (C=O) groups excluding carboxylic acids is 2. The third-order valence-electron chi connectivity index (χ3n) is 4.50. The van der Waals surface area contributed by atoms with Crippen LogP contribution in [0.5, 0.6) is 0 Å². The second-order valence-corrected chi connectivity index (χ2v) is 6.89. The van der Waals surface area contributed by atoms with Gasteiger partial charge in [0.1, 0.15) is 0 Å². The monoisotopic (exact) mass is 412 g/mol. The Morgan fingerprint density at radius 1 is 1.18 bits per heavy atom. The van der Waals surface area contributed by atoms with Crippen molar-refractivity contribution in [2.75, 3.05) is 25.0 Å². The van der Waals surface area contributed by atoms with E-state index in [1.807, 2.05) is 0 Å². The van der Waals surface area contributed by atoms with Crippen LogP contribution in [0.2, 0.25) is 5.02 Å². The molecule has 0 bridgehead atoms. The smallest absolute Gasteiger partial charge is 0.346 e. The highest BCUT2D eigenvalue weighted by Gasteiger charge is 2.38. The SMILES string of the molecule is O=C1C[NH+]([C@@H](C(=O)Nc2ccc(Cl)cc2C(F)(F)F)c2ccccc2)CCN1. The van der Waals surface area contributed by atoms with Gasteiger partial charge in [0.15, 0.2) is 12.6 Å². The molecule has 3 rings (SSSR count). The molecule has 148 valence electrons. The first-order valence-electron chi connectivity index (χ1n) is 8.59. The zero-order valence-corrected chi connectivity index (χ0v) is 15.4. The maximum absolute atomic E-state index is 13.3. The van der Waals surface area contributed by atoms with E-state index in [1.165, 1.54) is 6.07 Å². The molecule has 2 aromatic rings. The largest absolute Gasteiger partial charge is 0.418 e. The average Bonchev–Trinajstić information content (AvgIpc) is 2.63. The van der Waals surface area contributed by atoms with E-state index < -0.39 is 23.7 Å². The van der Waals surface area contributed by atoms with E-state index >= 15 is 0 Å². The summed E-state index contributed by atoms with van der Waals surface area (Å²) in [4.78, 5) is 25.5. The minimum Gasteiger partial charge on any atom is -0.346 e. The Morgan fingerprint density at radius 2 is 1.89 bits per heavy atom. The molecule has 0 aliphatic carbocycles. The molecule has 5 nitrogen and oxygen atoms in total. The van der Waals surface area contributed by atoms with Gasteiger partial charge >= 0.3 is 6.18 Å². The van der Waals surface area contributed by atoms with Gasteiger partial charge in [-0.1, -0.05) is 41.9 Å². The van der Waals surface area contributed by atoms with Crippen molar-refractivity contribution in [2.45, 2.75) is 12.2 Å². The normalized spacial score (nSPS) is 18.3. The summed E-state index contributed by atoms with van der Waals surface area (Å²) in [7, 11) is 0. The predicted molar refractivity (Wildman–Crippen MR) is 98.0 cm³/mol. The molecule has 1 saturated heterocycles. The van der Waals surface area contributed by atoms with Crippen molar-refractivity contribution in [3.8, 4) is 0 Å². The highest BCUT2D eigenvalue weighted by molar-refractivity contribution is 6.30. The standard InChI is InChI=1S/C19H17ClF3N3O2/c20-13-6-7-15(14(10-13)19(21,22)23)25-18(28)17(12-4-2-1-3-5-12)26-9-8-24-16(27)11-26/h1-7,10,17H,8-9,11H2,(H,24,27)(H,25,28)/p+1/t17-/m1/s1. The number of hydrogen-bond acceptors (Lipinski definition) is 2. The van der Waals surface area contributed by atoms with Crippen LogP contribution in [0.4, 0.5) is 18.9 Å². The van der Waals surface area contributed by atoms with Gasteiger partial charge in [-0.25, -0.2) is 0 Å². The number of alkyl halides is 3. The first kappa shape index (κ1) is 20.2. The second-order valence-electron chi connectivity index (χ2n) is 6.46. The van der Waals surface area contributed by atoms with Crippen LogP contribution in [0.3, 0.4) is 0 Å². The fourth-order valence-electron chi connectivity index (χ4n) is 3.25. The number of hydrogen-bond donors (Lipinski definition) is 3. The molecule has 28 heavy (non-hydrogen) atoms. The number of halogens is 4. The Kier molecular flexibility index (Phi) is 5.90. The van der Waals surface area contributed by atoms with Gasteiger partial charge in [0.2, 0.25) is 0 Å². The van der Waals surface area contributed by atoms with Gasteiger partial charge in [-0.15, -0.1) is 0 Å². The lowest BCUT2D eigenvalue weighted by atomic mass is 10.0. The minimum atomic E-state index is -4.67. The summed E-state index contributed by atoms with van der Waals surface area (Å²) in [5.41, 5.74) is -0.775. The molecule has 0 saturated carbocycles. The van der Waals surface area contributed by atoms with Crippen molar-refractivity contribution in [1.82, 2.24) is 5.32 Å². The molecule has 2 atom stereocenters. The maximum Gasteiger partial charge on any atom is 0.418 e. The molecule has 1 unspecified atom stereocenters. The number of quaternary nitrogens is 1. The molecule has 1 heterocycles. The lowest BCUT2D eigenvalue weighted by Crippen LogP contribution is -3.16. The highest BCUT2D eigenvalue weighted by atomic mass is 35.5. The molecule has 1 aliphatic heterocycles. The fraction of sp³-hybridized carbons (Fsp3) is 0.263. The number of nitrogens with one attached hydrogen (secondary N) is 3. The van der Waals surface area contributed by atoms with Gasteiger partial charge in [0.25, 0.3) is 11.8 Å². The van der Waals surface area contributed by atoms with Crippen LogP contribution in [0.1, 0.15) is 17.2 Å². The Balaban J connectivity index is 1.94. The van der Waals surface area contributed by atoms with Gasteiger partial charge in [-0.2, -0.15) is 13.2 Å². The summed E-state index contributed by atoms with van der Waals surface area (Å²) < 4.78 is 40.0. The fourth-order valence-corrected chi connectivity index (χ4v) is 3.42.